The number of hydrogen-bond donors (Lipinski definition) is 0. The molecule has 1 heterocycles. The third kappa shape index (κ3) is 2.42. The van der Waals surface area contributed by atoms with Crippen LogP contribution in [0.5, 0.6) is 11.5 Å². The van der Waals surface area contributed by atoms with E-state index < -0.39 is 0 Å². The summed E-state index contributed by atoms with van der Waals surface area (Å²) in [5.74, 6) is 2.78. The van der Waals surface area contributed by atoms with Crippen molar-refractivity contribution in [1.29, 1.82) is 0 Å². The van der Waals surface area contributed by atoms with E-state index in [1.165, 1.54) is 16.7 Å². The number of rotatable bonds is 3. The second-order valence-corrected chi connectivity index (χ2v) is 9.27. The standard InChI is InChI=1S/C27H21NO3/c29-26-24-20-11-12-21(23-14-22(20)23)25(24)27(30)28(26)17-6-9-18(10-7-17)31-19-8-5-15-3-1-2-4-16(15)13-19/h1-13,20-25H,14H2. The van der Waals surface area contributed by atoms with Crippen LogP contribution in [0.1, 0.15) is 6.42 Å². The molecular weight excluding hydrogens is 386 g/mol. The number of allylic oxidation sites excluding steroid dienone is 2. The molecule has 3 fully saturated rings. The Labute approximate surface area is 180 Å². The van der Waals surface area contributed by atoms with E-state index in [2.05, 4.69) is 24.3 Å². The number of fused-ring (bicyclic) bond motifs is 1. The minimum absolute atomic E-state index is 0.0251. The summed E-state index contributed by atoms with van der Waals surface area (Å²) in [4.78, 5) is 27.9. The normalized spacial score (nSPS) is 32.3. The number of benzene rings is 3. The molecule has 3 aromatic rings. The average Bonchev–Trinajstić information content (AvgIpc) is 3.58. The van der Waals surface area contributed by atoms with Gasteiger partial charge in [0, 0.05) is 0 Å². The summed E-state index contributed by atoms with van der Waals surface area (Å²) in [5, 5.41) is 2.28. The Bertz CT molecular complexity index is 1240. The van der Waals surface area contributed by atoms with Crippen molar-refractivity contribution in [2.75, 3.05) is 4.90 Å². The summed E-state index contributed by atoms with van der Waals surface area (Å²) in [7, 11) is 0. The molecule has 0 spiro atoms. The number of carbonyl (C=O) groups excluding carboxylic acids is 2. The van der Waals surface area contributed by atoms with E-state index in [4.69, 9.17) is 4.74 Å². The maximum absolute atomic E-state index is 13.2. The Kier molecular flexibility index (Phi) is 3.39. The van der Waals surface area contributed by atoms with E-state index in [0.717, 1.165) is 11.1 Å². The van der Waals surface area contributed by atoms with Gasteiger partial charge in [0.2, 0.25) is 11.8 Å². The molecule has 0 radical (unpaired) electrons. The number of carbonyl (C=O) groups is 2. The van der Waals surface area contributed by atoms with Crippen LogP contribution in [0.2, 0.25) is 0 Å². The molecule has 31 heavy (non-hydrogen) atoms. The maximum atomic E-state index is 13.2. The molecule has 2 saturated carbocycles. The van der Waals surface area contributed by atoms with Gasteiger partial charge >= 0.3 is 0 Å². The molecule has 2 bridgehead atoms. The zero-order valence-corrected chi connectivity index (χ0v) is 16.8. The topological polar surface area (TPSA) is 46.6 Å². The average molecular weight is 407 g/mol. The van der Waals surface area contributed by atoms with Gasteiger partial charge in [-0.05, 0) is 77.3 Å². The van der Waals surface area contributed by atoms with Crippen molar-refractivity contribution in [1.82, 2.24) is 0 Å². The van der Waals surface area contributed by atoms with Crippen LogP contribution in [0.25, 0.3) is 10.8 Å². The lowest BCUT2D eigenvalue weighted by Crippen LogP contribution is -2.40. The van der Waals surface area contributed by atoms with Crippen molar-refractivity contribution in [3.8, 4) is 11.5 Å². The van der Waals surface area contributed by atoms with Crippen LogP contribution in [0.15, 0.2) is 78.9 Å². The fourth-order valence-corrected chi connectivity index (χ4v) is 6.24. The van der Waals surface area contributed by atoms with Gasteiger partial charge in [-0.25, -0.2) is 0 Å². The summed E-state index contributed by atoms with van der Waals surface area (Å²) in [6.07, 6.45) is 5.58. The number of amides is 2. The number of ether oxygens (including phenoxy) is 1. The number of nitrogens with zero attached hydrogens (tertiary/aromatic N) is 1. The van der Waals surface area contributed by atoms with E-state index >= 15 is 0 Å². The molecule has 0 N–H and O–H groups in total. The van der Waals surface area contributed by atoms with Crippen molar-refractivity contribution >= 4 is 28.3 Å². The smallest absolute Gasteiger partial charge is 0.238 e. The first-order valence-electron chi connectivity index (χ1n) is 11.0. The van der Waals surface area contributed by atoms with Crippen molar-refractivity contribution in [3.05, 3.63) is 78.9 Å². The van der Waals surface area contributed by atoms with E-state index in [0.29, 0.717) is 23.3 Å². The molecule has 4 nitrogen and oxygen atoms in total. The Morgan fingerprint density at radius 1 is 0.710 bits per heavy atom. The minimum Gasteiger partial charge on any atom is -0.457 e. The molecule has 4 aliphatic carbocycles. The summed E-state index contributed by atoms with van der Waals surface area (Å²) in [6.45, 7) is 0. The largest absolute Gasteiger partial charge is 0.457 e. The van der Waals surface area contributed by atoms with Gasteiger partial charge in [0.1, 0.15) is 11.5 Å². The predicted octanol–water partition coefficient (Wildman–Crippen LogP) is 5.19. The monoisotopic (exact) mass is 407 g/mol. The second-order valence-electron chi connectivity index (χ2n) is 9.27. The van der Waals surface area contributed by atoms with E-state index in [9.17, 15) is 9.59 Å². The molecular formula is C27H21NO3. The van der Waals surface area contributed by atoms with E-state index in [1.54, 1.807) is 0 Å². The Balaban J connectivity index is 1.15. The lowest BCUT2D eigenvalue weighted by molar-refractivity contribution is -0.124. The Morgan fingerprint density at radius 3 is 2.00 bits per heavy atom. The number of anilines is 1. The van der Waals surface area contributed by atoms with Gasteiger partial charge in [-0.3, -0.25) is 14.5 Å². The van der Waals surface area contributed by atoms with Crippen LogP contribution in [0.3, 0.4) is 0 Å². The Morgan fingerprint density at radius 2 is 1.32 bits per heavy atom. The predicted molar refractivity (Wildman–Crippen MR) is 118 cm³/mol. The van der Waals surface area contributed by atoms with Crippen molar-refractivity contribution < 1.29 is 14.3 Å². The van der Waals surface area contributed by atoms with Crippen molar-refractivity contribution in [2.24, 2.45) is 35.5 Å². The second kappa shape index (κ2) is 6.07. The van der Waals surface area contributed by atoms with Crippen LogP contribution in [-0.2, 0) is 9.59 Å². The zero-order valence-electron chi connectivity index (χ0n) is 16.8. The number of hydrogen-bond acceptors (Lipinski definition) is 3. The Hall–Kier alpha value is -3.40. The van der Waals surface area contributed by atoms with Gasteiger partial charge in [0.25, 0.3) is 0 Å². The molecule has 6 unspecified atom stereocenters. The fraction of sp³-hybridized carbons (Fsp3) is 0.259. The van der Waals surface area contributed by atoms with Crippen LogP contribution in [-0.4, -0.2) is 11.8 Å². The molecule has 1 saturated heterocycles. The molecule has 4 heteroatoms. The lowest BCUT2D eigenvalue weighted by Gasteiger charge is -2.37. The molecule has 3 aromatic carbocycles. The maximum Gasteiger partial charge on any atom is 0.238 e. The highest BCUT2D eigenvalue weighted by molar-refractivity contribution is 6.22. The van der Waals surface area contributed by atoms with Crippen molar-refractivity contribution in [2.45, 2.75) is 6.42 Å². The minimum atomic E-state index is -0.167. The van der Waals surface area contributed by atoms with E-state index in [1.807, 2.05) is 54.6 Å². The zero-order chi connectivity index (χ0) is 20.7. The molecule has 5 aliphatic rings. The third-order valence-electron chi connectivity index (χ3n) is 7.71. The number of imide groups is 1. The highest BCUT2D eigenvalue weighted by Gasteiger charge is 2.67. The molecule has 1 aliphatic heterocycles. The van der Waals surface area contributed by atoms with Gasteiger partial charge in [-0.2, -0.15) is 0 Å². The third-order valence-corrected chi connectivity index (χ3v) is 7.71. The summed E-state index contributed by atoms with van der Waals surface area (Å²) >= 11 is 0. The first-order chi connectivity index (χ1) is 15.2. The SMILES string of the molecule is O=C1C2C3C=CC(C4CC34)C2C(=O)N1c1ccc(Oc2ccc3ccccc3c2)cc1. The van der Waals surface area contributed by atoms with Crippen LogP contribution in [0.4, 0.5) is 5.69 Å². The molecule has 6 atom stereocenters. The van der Waals surface area contributed by atoms with E-state index in [-0.39, 0.29) is 35.5 Å². The highest BCUT2D eigenvalue weighted by Crippen LogP contribution is 2.65. The summed E-state index contributed by atoms with van der Waals surface area (Å²) < 4.78 is 6.02. The first kappa shape index (κ1) is 17.3. The van der Waals surface area contributed by atoms with Gasteiger partial charge < -0.3 is 4.74 Å². The molecule has 152 valence electrons. The van der Waals surface area contributed by atoms with Crippen LogP contribution >= 0.6 is 0 Å². The van der Waals surface area contributed by atoms with Crippen LogP contribution in [0, 0.1) is 35.5 Å². The lowest BCUT2D eigenvalue weighted by atomic mass is 9.63. The van der Waals surface area contributed by atoms with Gasteiger partial charge in [-0.15, -0.1) is 0 Å². The quantitative estimate of drug-likeness (QED) is 0.443. The van der Waals surface area contributed by atoms with Gasteiger partial charge in [0.15, 0.2) is 0 Å². The van der Waals surface area contributed by atoms with Gasteiger partial charge in [-0.1, -0.05) is 42.5 Å². The van der Waals surface area contributed by atoms with Gasteiger partial charge in [0.05, 0.1) is 17.5 Å². The summed E-state index contributed by atoms with van der Waals surface area (Å²) in [5.41, 5.74) is 0.642. The molecule has 2 amide bonds. The summed E-state index contributed by atoms with van der Waals surface area (Å²) in [6, 6.07) is 21.4. The molecule has 8 rings (SSSR count). The first-order valence-corrected chi connectivity index (χ1v) is 11.0. The fourth-order valence-electron chi connectivity index (χ4n) is 6.24. The highest BCUT2D eigenvalue weighted by atomic mass is 16.5. The molecule has 0 aromatic heterocycles. The van der Waals surface area contributed by atoms with Crippen LogP contribution < -0.4 is 9.64 Å². The van der Waals surface area contributed by atoms with Crippen molar-refractivity contribution in [3.63, 3.8) is 0 Å².